The Morgan fingerprint density at radius 2 is 1.93 bits per heavy atom. The first-order chi connectivity index (χ1) is 7.27. The van der Waals surface area contributed by atoms with Crippen LogP contribution in [0.15, 0.2) is 36.5 Å². The van der Waals surface area contributed by atoms with Crippen molar-refractivity contribution in [3.63, 3.8) is 0 Å². The molecule has 4 heteroatoms. The molecule has 0 radical (unpaired) electrons. The summed E-state index contributed by atoms with van der Waals surface area (Å²) in [6.07, 6.45) is 1.44. The molecule has 2 aromatic carbocycles. The van der Waals surface area contributed by atoms with E-state index in [9.17, 15) is 10.3 Å². The molecule has 4 nitrogen and oxygen atoms in total. The molecule has 0 amide bonds. The molecule has 1 aromatic heterocycles. The molecule has 0 bridgehead atoms. The van der Waals surface area contributed by atoms with Crippen LogP contribution in [0.5, 0.6) is 5.75 Å². The fourth-order valence-corrected chi connectivity index (χ4v) is 1.80. The van der Waals surface area contributed by atoms with Gasteiger partial charge in [-0.1, -0.05) is 24.3 Å². The summed E-state index contributed by atoms with van der Waals surface area (Å²) in [6.45, 7) is 0. The zero-order valence-corrected chi connectivity index (χ0v) is 7.75. The van der Waals surface area contributed by atoms with Gasteiger partial charge in [0.1, 0.15) is 11.3 Å². The molecular weight excluding hydrogens is 192 g/mol. The van der Waals surface area contributed by atoms with Crippen molar-refractivity contribution < 1.29 is 10.3 Å². The number of benzene rings is 2. The van der Waals surface area contributed by atoms with Crippen LogP contribution in [-0.4, -0.2) is 20.3 Å². The molecule has 0 spiro atoms. The summed E-state index contributed by atoms with van der Waals surface area (Å²) in [6, 6.07) is 9.24. The fraction of sp³-hybridized carbons (Fsp3) is 0. The molecule has 0 saturated carbocycles. The van der Waals surface area contributed by atoms with Crippen molar-refractivity contribution in [2.75, 3.05) is 0 Å². The van der Waals surface area contributed by atoms with E-state index in [1.807, 2.05) is 24.3 Å². The molecule has 0 fully saturated rings. The second kappa shape index (κ2) is 2.63. The van der Waals surface area contributed by atoms with Crippen molar-refractivity contribution in [1.29, 1.82) is 0 Å². The number of nitrogens with zero attached hydrogens (tertiary/aromatic N) is 2. The standard InChI is InChI=1S/C11H8N2O2/c14-11-8-4-2-1-3-7(8)5-10-9(11)6-12-13(10)15/h1-6,14-15H. The largest absolute Gasteiger partial charge is 0.507 e. The molecule has 2 N–H and O–H groups in total. The van der Waals surface area contributed by atoms with Crippen LogP contribution in [0, 0.1) is 0 Å². The van der Waals surface area contributed by atoms with Crippen molar-refractivity contribution in [2.45, 2.75) is 0 Å². The van der Waals surface area contributed by atoms with E-state index < -0.39 is 0 Å². The lowest BCUT2D eigenvalue weighted by atomic mass is 10.1. The number of phenolic OH excluding ortho intramolecular Hbond substituents is 1. The Labute approximate surface area is 84.9 Å². The average Bonchev–Trinajstić information content (AvgIpc) is 2.62. The highest BCUT2D eigenvalue weighted by molar-refractivity contribution is 6.03. The minimum absolute atomic E-state index is 0.156. The topological polar surface area (TPSA) is 58.3 Å². The number of aromatic hydroxyl groups is 1. The monoisotopic (exact) mass is 200 g/mol. The Bertz CT molecular complexity index is 658. The SMILES string of the molecule is Oc1c2ccccc2cc2c1cnn2O. The number of aromatic nitrogens is 2. The highest BCUT2D eigenvalue weighted by Crippen LogP contribution is 2.32. The van der Waals surface area contributed by atoms with Crippen LogP contribution < -0.4 is 0 Å². The average molecular weight is 200 g/mol. The van der Waals surface area contributed by atoms with Crippen molar-refractivity contribution in [3.05, 3.63) is 36.5 Å². The summed E-state index contributed by atoms with van der Waals surface area (Å²) >= 11 is 0. The van der Waals surface area contributed by atoms with E-state index in [4.69, 9.17) is 0 Å². The van der Waals surface area contributed by atoms with E-state index in [0.717, 1.165) is 15.6 Å². The molecule has 0 atom stereocenters. The fourth-order valence-electron chi connectivity index (χ4n) is 1.80. The van der Waals surface area contributed by atoms with Gasteiger partial charge in [-0.3, -0.25) is 0 Å². The van der Waals surface area contributed by atoms with Gasteiger partial charge in [0.05, 0.1) is 11.6 Å². The Balaban J connectivity index is 2.61. The van der Waals surface area contributed by atoms with Gasteiger partial charge in [0.2, 0.25) is 0 Å². The number of hydrogen-bond donors (Lipinski definition) is 2. The maximum atomic E-state index is 9.96. The van der Waals surface area contributed by atoms with E-state index in [-0.39, 0.29) is 5.75 Å². The minimum atomic E-state index is 0.156. The number of fused-ring (bicyclic) bond motifs is 2. The van der Waals surface area contributed by atoms with Gasteiger partial charge in [-0.25, -0.2) is 0 Å². The van der Waals surface area contributed by atoms with E-state index in [1.54, 1.807) is 6.07 Å². The lowest BCUT2D eigenvalue weighted by molar-refractivity contribution is 0.161. The van der Waals surface area contributed by atoms with Gasteiger partial charge in [-0.2, -0.15) is 0 Å². The molecular formula is C11H8N2O2. The van der Waals surface area contributed by atoms with Gasteiger partial charge < -0.3 is 10.3 Å². The molecule has 3 rings (SSSR count). The van der Waals surface area contributed by atoms with Crippen molar-refractivity contribution in [2.24, 2.45) is 0 Å². The van der Waals surface area contributed by atoms with Crippen LogP contribution in [0.1, 0.15) is 0 Å². The molecule has 0 saturated heterocycles. The van der Waals surface area contributed by atoms with E-state index in [0.29, 0.717) is 10.9 Å². The highest BCUT2D eigenvalue weighted by Gasteiger charge is 2.09. The summed E-state index contributed by atoms with van der Waals surface area (Å²) < 4.78 is 0. The van der Waals surface area contributed by atoms with Gasteiger partial charge in [0.25, 0.3) is 0 Å². The van der Waals surface area contributed by atoms with Crippen molar-refractivity contribution in [3.8, 4) is 5.75 Å². The summed E-state index contributed by atoms with van der Waals surface area (Å²) in [7, 11) is 0. The maximum absolute atomic E-state index is 9.96. The third kappa shape index (κ3) is 0.985. The van der Waals surface area contributed by atoms with Crippen molar-refractivity contribution >= 4 is 21.7 Å². The molecule has 0 aliphatic carbocycles. The van der Waals surface area contributed by atoms with Gasteiger partial charge in [-0.05, 0) is 11.5 Å². The van der Waals surface area contributed by atoms with Crippen molar-refractivity contribution in [1.82, 2.24) is 9.94 Å². The van der Waals surface area contributed by atoms with Gasteiger partial charge in [0, 0.05) is 5.39 Å². The van der Waals surface area contributed by atoms with Crippen LogP contribution in [-0.2, 0) is 0 Å². The quantitative estimate of drug-likeness (QED) is 0.546. The number of hydrogen-bond acceptors (Lipinski definition) is 3. The van der Waals surface area contributed by atoms with Gasteiger partial charge >= 0.3 is 0 Å². The van der Waals surface area contributed by atoms with E-state index in [2.05, 4.69) is 5.10 Å². The lowest BCUT2D eigenvalue weighted by Crippen LogP contribution is -1.90. The van der Waals surface area contributed by atoms with Crippen LogP contribution >= 0.6 is 0 Å². The first-order valence-corrected chi connectivity index (χ1v) is 4.55. The second-order valence-electron chi connectivity index (χ2n) is 3.41. The highest BCUT2D eigenvalue weighted by atomic mass is 16.5. The molecule has 0 unspecified atom stereocenters. The van der Waals surface area contributed by atoms with E-state index in [1.165, 1.54) is 6.20 Å². The van der Waals surface area contributed by atoms with Crippen LogP contribution in [0.25, 0.3) is 21.7 Å². The minimum Gasteiger partial charge on any atom is -0.507 e. The molecule has 1 heterocycles. The summed E-state index contributed by atoms with van der Waals surface area (Å²) in [4.78, 5) is 0.765. The predicted octanol–water partition coefficient (Wildman–Crippen LogP) is 2.13. The molecule has 15 heavy (non-hydrogen) atoms. The Morgan fingerprint density at radius 1 is 1.13 bits per heavy atom. The zero-order valence-electron chi connectivity index (χ0n) is 7.75. The third-order valence-corrected chi connectivity index (χ3v) is 2.55. The van der Waals surface area contributed by atoms with Crippen LogP contribution in [0.2, 0.25) is 0 Å². The lowest BCUT2D eigenvalue weighted by Gasteiger charge is -2.02. The molecule has 74 valence electrons. The summed E-state index contributed by atoms with van der Waals surface area (Å²) in [5.74, 6) is 0.156. The molecule has 3 aromatic rings. The summed E-state index contributed by atoms with van der Waals surface area (Å²) in [5, 5.41) is 25.2. The number of rotatable bonds is 0. The maximum Gasteiger partial charge on any atom is 0.134 e. The summed E-state index contributed by atoms with van der Waals surface area (Å²) in [5.41, 5.74) is 0.506. The third-order valence-electron chi connectivity index (χ3n) is 2.55. The Kier molecular flexibility index (Phi) is 1.42. The molecule has 0 aliphatic heterocycles. The predicted molar refractivity (Wildman–Crippen MR) is 56.1 cm³/mol. The van der Waals surface area contributed by atoms with E-state index >= 15 is 0 Å². The normalized spacial score (nSPS) is 11.2. The van der Waals surface area contributed by atoms with Crippen LogP contribution in [0.3, 0.4) is 0 Å². The Hall–Kier alpha value is -2.23. The zero-order chi connectivity index (χ0) is 10.4. The smallest absolute Gasteiger partial charge is 0.134 e. The number of phenols is 1. The van der Waals surface area contributed by atoms with Gasteiger partial charge in [0.15, 0.2) is 0 Å². The van der Waals surface area contributed by atoms with Crippen LogP contribution in [0.4, 0.5) is 0 Å². The Morgan fingerprint density at radius 3 is 2.80 bits per heavy atom. The van der Waals surface area contributed by atoms with Gasteiger partial charge in [-0.15, -0.1) is 9.94 Å². The first-order valence-electron chi connectivity index (χ1n) is 4.55. The molecule has 0 aliphatic rings. The second-order valence-corrected chi connectivity index (χ2v) is 3.41. The first kappa shape index (κ1) is 8.11.